The molecule has 0 bridgehead atoms. The molecule has 0 unspecified atom stereocenters. The van der Waals surface area contributed by atoms with Gasteiger partial charge in [0.15, 0.2) is 22.5 Å². The van der Waals surface area contributed by atoms with Gasteiger partial charge in [-0.25, -0.2) is 28.1 Å². The number of nitrogens with one attached hydrogen (secondary N) is 3. The van der Waals surface area contributed by atoms with Crippen LogP contribution < -0.4 is 10.6 Å². The van der Waals surface area contributed by atoms with E-state index in [1.54, 1.807) is 11.6 Å². The second-order valence-corrected chi connectivity index (χ2v) is 8.81. The number of hydrogen-bond donors (Lipinski definition) is 3. The van der Waals surface area contributed by atoms with Gasteiger partial charge in [0.05, 0.1) is 11.7 Å². The Kier molecular flexibility index (Phi) is 5.71. The highest BCUT2D eigenvalue weighted by molar-refractivity contribution is 7.11. The summed E-state index contributed by atoms with van der Waals surface area (Å²) in [5.41, 5.74) is 0.489. The fourth-order valence-electron chi connectivity index (χ4n) is 4.17. The lowest BCUT2D eigenvalue weighted by atomic mass is 9.91. The SMILES string of the molecule is O=C(N[C@@H]1CCC[C@H](Nc2nc(-c3c[nH]c4c(F)cc(F)cc34)ncc2F)C1)c1nccs1. The summed E-state index contributed by atoms with van der Waals surface area (Å²) in [6, 6.07) is 1.78. The van der Waals surface area contributed by atoms with Gasteiger partial charge in [-0.05, 0) is 31.7 Å². The minimum Gasteiger partial charge on any atom is -0.365 e. The number of amides is 1. The van der Waals surface area contributed by atoms with Crippen LogP contribution in [0.3, 0.4) is 0 Å². The molecule has 3 heterocycles. The quantitative estimate of drug-likeness (QED) is 0.393. The number of halogens is 3. The van der Waals surface area contributed by atoms with Crippen LogP contribution in [0.4, 0.5) is 19.0 Å². The van der Waals surface area contributed by atoms with Crippen LogP contribution >= 0.6 is 11.3 Å². The van der Waals surface area contributed by atoms with E-state index in [9.17, 15) is 18.0 Å². The maximum atomic E-state index is 14.5. The molecule has 7 nitrogen and oxygen atoms in total. The zero-order valence-electron chi connectivity index (χ0n) is 17.2. The van der Waals surface area contributed by atoms with Gasteiger partial charge in [-0.15, -0.1) is 11.3 Å². The number of anilines is 1. The Morgan fingerprint density at radius 1 is 1.12 bits per heavy atom. The van der Waals surface area contributed by atoms with Crippen molar-refractivity contribution in [1.29, 1.82) is 0 Å². The topological polar surface area (TPSA) is 95.6 Å². The number of benzene rings is 1. The number of fused-ring (bicyclic) bond motifs is 1. The first-order chi connectivity index (χ1) is 16.0. The zero-order valence-corrected chi connectivity index (χ0v) is 18.1. The fraction of sp³-hybridized carbons (Fsp3) is 0.273. The lowest BCUT2D eigenvalue weighted by molar-refractivity contribution is 0.0926. The molecule has 4 aromatic rings. The summed E-state index contributed by atoms with van der Waals surface area (Å²) >= 11 is 1.27. The summed E-state index contributed by atoms with van der Waals surface area (Å²) in [5.74, 6) is -2.17. The largest absolute Gasteiger partial charge is 0.365 e. The van der Waals surface area contributed by atoms with Crippen molar-refractivity contribution in [3.63, 3.8) is 0 Å². The first-order valence-electron chi connectivity index (χ1n) is 10.4. The van der Waals surface area contributed by atoms with Gasteiger partial charge < -0.3 is 15.6 Å². The van der Waals surface area contributed by atoms with Gasteiger partial charge in [0.2, 0.25) is 0 Å². The number of aromatic amines is 1. The molecule has 5 rings (SSSR count). The molecule has 1 aromatic carbocycles. The van der Waals surface area contributed by atoms with Gasteiger partial charge >= 0.3 is 0 Å². The third-order valence-electron chi connectivity index (χ3n) is 5.67. The van der Waals surface area contributed by atoms with Gasteiger partial charge in [0.1, 0.15) is 11.6 Å². The Balaban J connectivity index is 1.34. The maximum absolute atomic E-state index is 14.5. The van der Waals surface area contributed by atoms with Crippen molar-refractivity contribution in [3.05, 3.63) is 58.6 Å². The van der Waals surface area contributed by atoms with Crippen LogP contribution in [-0.4, -0.2) is 37.9 Å². The molecule has 0 saturated heterocycles. The van der Waals surface area contributed by atoms with Crippen molar-refractivity contribution in [2.75, 3.05) is 5.32 Å². The van der Waals surface area contributed by atoms with Gasteiger partial charge in [0, 0.05) is 46.9 Å². The molecule has 0 aliphatic heterocycles. The molecule has 170 valence electrons. The minimum absolute atomic E-state index is 0.00289. The van der Waals surface area contributed by atoms with Crippen molar-refractivity contribution in [2.24, 2.45) is 0 Å². The van der Waals surface area contributed by atoms with Crippen LogP contribution in [0.1, 0.15) is 35.5 Å². The first kappa shape index (κ1) is 21.4. The standard InChI is InChI=1S/C22H19F3N6OS/c23-11-6-14-15(9-27-18(14)16(24)7-11)19-28-10-17(25)20(31-19)29-12-2-1-3-13(8-12)30-21(32)22-26-4-5-33-22/h4-7,9-10,12-13,27H,1-3,8H2,(H,30,32)(H,28,29,31)/t12-,13+/m0/s1. The molecule has 11 heteroatoms. The number of hydrogen-bond acceptors (Lipinski definition) is 6. The number of rotatable bonds is 5. The minimum atomic E-state index is -0.732. The Bertz CT molecular complexity index is 1310. The van der Waals surface area contributed by atoms with E-state index in [0.29, 0.717) is 17.0 Å². The number of H-pyrrole nitrogens is 1. The van der Waals surface area contributed by atoms with E-state index in [2.05, 4.69) is 30.6 Å². The van der Waals surface area contributed by atoms with E-state index in [1.807, 2.05) is 0 Å². The molecular formula is C22H19F3N6OS. The molecule has 33 heavy (non-hydrogen) atoms. The molecule has 0 radical (unpaired) electrons. The smallest absolute Gasteiger partial charge is 0.280 e. The summed E-state index contributed by atoms with van der Waals surface area (Å²) in [6.07, 6.45) is 7.13. The van der Waals surface area contributed by atoms with E-state index in [-0.39, 0.29) is 40.5 Å². The lowest BCUT2D eigenvalue weighted by Gasteiger charge is -2.30. The van der Waals surface area contributed by atoms with Gasteiger partial charge in [-0.1, -0.05) is 0 Å². The van der Waals surface area contributed by atoms with Crippen LogP contribution in [0.25, 0.3) is 22.3 Å². The lowest BCUT2D eigenvalue weighted by Crippen LogP contribution is -2.42. The Morgan fingerprint density at radius 2 is 1.97 bits per heavy atom. The van der Waals surface area contributed by atoms with Crippen molar-refractivity contribution in [1.82, 2.24) is 25.3 Å². The maximum Gasteiger partial charge on any atom is 0.280 e. The second-order valence-electron chi connectivity index (χ2n) is 7.92. The molecule has 0 spiro atoms. The number of thiazole rings is 1. The molecule has 1 saturated carbocycles. The molecule has 3 N–H and O–H groups in total. The number of nitrogens with zero attached hydrogens (tertiary/aromatic N) is 3. The molecule has 3 aromatic heterocycles. The number of aromatic nitrogens is 4. The van der Waals surface area contributed by atoms with Crippen LogP contribution in [0.2, 0.25) is 0 Å². The molecule has 1 fully saturated rings. The summed E-state index contributed by atoms with van der Waals surface area (Å²) in [4.78, 5) is 27.4. The van der Waals surface area contributed by atoms with E-state index in [0.717, 1.165) is 31.5 Å². The van der Waals surface area contributed by atoms with E-state index in [1.165, 1.54) is 23.6 Å². The Morgan fingerprint density at radius 3 is 2.79 bits per heavy atom. The fourth-order valence-corrected chi connectivity index (χ4v) is 4.70. The van der Waals surface area contributed by atoms with Gasteiger partial charge in [0.25, 0.3) is 5.91 Å². The molecule has 2 atom stereocenters. The van der Waals surface area contributed by atoms with E-state index in [4.69, 9.17) is 0 Å². The highest BCUT2D eigenvalue weighted by Crippen LogP contribution is 2.30. The van der Waals surface area contributed by atoms with E-state index < -0.39 is 17.5 Å². The van der Waals surface area contributed by atoms with Crippen molar-refractivity contribution in [3.8, 4) is 11.4 Å². The highest BCUT2D eigenvalue weighted by atomic mass is 32.1. The average molecular weight is 472 g/mol. The van der Waals surface area contributed by atoms with Crippen molar-refractivity contribution in [2.45, 2.75) is 37.8 Å². The van der Waals surface area contributed by atoms with Crippen LogP contribution in [0.5, 0.6) is 0 Å². The predicted octanol–water partition coefficient (Wildman–Crippen LogP) is 4.65. The summed E-state index contributed by atoms with van der Waals surface area (Å²) in [5, 5.41) is 8.51. The van der Waals surface area contributed by atoms with Crippen LogP contribution in [-0.2, 0) is 0 Å². The summed E-state index contributed by atoms with van der Waals surface area (Å²) in [7, 11) is 0. The highest BCUT2D eigenvalue weighted by Gasteiger charge is 2.26. The molecule has 1 amide bonds. The average Bonchev–Trinajstić information content (AvgIpc) is 3.46. The number of carbonyl (C=O) groups excluding carboxylic acids is 1. The summed E-state index contributed by atoms with van der Waals surface area (Å²) < 4.78 is 42.3. The molecule has 1 aliphatic rings. The van der Waals surface area contributed by atoms with Crippen molar-refractivity contribution >= 4 is 34.0 Å². The molecular weight excluding hydrogens is 453 g/mol. The van der Waals surface area contributed by atoms with Crippen molar-refractivity contribution < 1.29 is 18.0 Å². The number of carbonyl (C=O) groups is 1. The molecule has 1 aliphatic carbocycles. The summed E-state index contributed by atoms with van der Waals surface area (Å²) in [6.45, 7) is 0. The second kappa shape index (κ2) is 8.81. The monoisotopic (exact) mass is 472 g/mol. The predicted molar refractivity (Wildman–Crippen MR) is 118 cm³/mol. The third-order valence-corrected chi connectivity index (χ3v) is 6.44. The van der Waals surface area contributed by atoms with Gasteiger partial charge in [-0.3, -0.25) is 4.79 Å². The van der Waals surface area contributed by atoms with Gasteiger partial charge in [-0.2, -0.15) is 0 Å². The van der Waals surface area contributed by atoms with Crippen LogP contribution in [0.15, 0.2) is 36.1 Å². The Hall–Kier alpha value is -3.47. The van der Waals surface area contributed by atoms with Crippen LogP contribution in [0, 0.1) is 17.5 Å². The zero-order chi connectivity index (χ0) is 22.9. The Labute approximate surface area is 190 Å². The third kappa shape index (κ3) is 4.40. The first-order valence-corrected chi connectivity index (χ1v) is 11.3. The van der Waals surface area contributed by atoms with E-state index >= 15 is 0 Å². The normalized spacial score (nSPS) is 18.4.